The van der Waals surface area contributed by atoms with Gasteiger partial charge in [0.1, 0.15) is 5.60 Å². The molecular weight excluding hydrogens is 244 g/mol. The van der Waals surface area contributed by atoms with E-state index in [9.17, 15) is 4.79 Å². The van der Waals surface area contributed by atoms with Gasteiger partial charge in [0.25, 0.3) is 0 Å². The third-order valence-electron chi connectivity index (χ3n) is 3.33. The second-order valence-electron chi connectivity index (χ2n) is 6.17. The predicted molar refractivity (Wildman–Crippen MR) is 73.8 cm³/mol. The lowest BCUT2D eigenvalue weighted by Gasteiger charge is -2.38. The van der Waals surface area contributed by atoms with E-state index in [1.165, 1.54) is 6.42 Å². The summed E-state index contributed by atoms with van der Waals surface area (Å²) in [6.07, 6.45) is 5.52. The molecule has 108 valence electrons. The Balaban J connectivity index is 2.63. The number of hydrogen-bond donors (Lipinski definition) is 1. The van der Waals surface area contributed by atoms with Gasteiger partial charge in [0.15, 0.2) is 0 Å². The van der Waals surface area contributed by atoms with Crippen molar-refractivity contribution in [3.8, 4) is 0 Å². The first kappa shape index (κ1) is 15.6. The Hall–Kier alpha value is -1.42. The largest absolute Gasteiger partial charge is 0.444 e. The molecule has 0 radical (unpaired) electrons. The van der Waals surface area contributed by atoms with E-state index in [-0.39, 0.29) is 11.6 Å². The molecule has 6 heteroatoms. The van der Waals surface area contributed by atoms with E-state index in [1.54, 1.807) is 0 Å². The Morgan fingerprint density at radius 2 is 2.00 bits per heavy atom. The van der Waals surface area contributed by atoms with Crippen LogP contribution in [0.1, 0.15) is 59.3 Å². The number of carbonyl (C=O) groups is 1. The van der Waals surface area contributed by atoms with Crippen LogP contribution < -0.4 is 5.32 Å². The van der Waals surface area contributed by atoms with Crippen LogP contribution in [0, 0.1) is 0 Å². The van der Waals surface area contributed by atoms with Crippen LogP contribution in [0.2, 0.25) is 0 Å². The van der Waals surface area contributed by atoms with Crippen molar-refractivity contribution in [1.82, 2.24) is 5.32 Å². The van der Waals surface area contributed by atoms with E-state index in [0.29, 0.717) is 13.0 Å². The third kappa shape index (κ3) is 5.83. The van der Waals surface area contributed by atoms with E-state index in [0.717, 1.165) is 25.7 Å². The van der Waals surface area contributed by atoms with Crippen LogP contribution in [-0.2, 0) is 4.74 Å². The minimum Gasteiger partial charge on any atom is -0.444 e. The van der Waals surface area contributed by atoms with E-state index >= 15 is 0 Å². The molecule has 1 fully saturated rings. The number of amides is 1. The zero-order chi connectivity index (χ0) is 14.4. The second kappa shape index (κ2) is 6.66. The summed E-state index contributed by atoms with van der Waals surface area (Å²) in [4.78, 5) is 14.7. The molecule has 19 heavy (non-hydrogen) atoms. The first-order chi connectivity index (χ1) is 8.87. The summed E-state index contributed by atoms with van der Waals surface area (Å²) in [6, 6.07) is 0. The molecule has 1 amide bonds. The first-order valence-electron chi connectivity index (χ1n) is 6.89. The minimum absolute atomic E-state index is 0.269. The fraction of sp³-hybridized carbons (Fsp3) is 0.923. The van der Waals surface area contributed by atoms with Crippen molar-refractivity contribution in [3.05, 3.63) is 10.4 Å². The molecule has 6 nitrogen and oxygen atoms in total. The Bertz CT molecular complexity index is 350. The molecule has 0 atom stereocenters. The average Bonchev–Trinajstić information content (AvgIpc) is 2.27. The van der Waals surface area contributed by atoms with E-state index < -0.39 is 5.60 Å². The van der Waals surface area contributed by atoms with Crippen molar-refractivity contribution in [1.29, 1.82) is 0 Å². The van der Waals surface area contributed by atoms with E-state index in [1.807, 2.05) is 20.8 Å². The number of azide groups is 1. The Labute approximate surface area is 114 Å². The van der Waals surface area contributed by atoms with Gasteiger partial charge in [0, 0.05) is 17.0 Å². The summed E-state index contributed by atoms with van der Waals surface area (Å²) >= 11 is 0. The zero-order valence-corrected chi connectivity index (χ0v) is 12.1. The zero-order valence-electron chi connectivity index (χ0n) is 12.1. The van der Waals surface area contributed by atoms with Crippen molar-refractivity contribution >= 4 is 6.09 Å². The molecule has 0 aromatic heterocycles. The topological polar surface area (TPSA) is 87.1 Å². The minimum atomic E-state index is -0.495. The van der Waals surface area contributed by atoms with Crippen LogP contribution in [-0.4, -0.2) is 23.8 Å². The van der Waals surface area contributed by atoms with Gasteiger partial charge in [-0.15, -0.1) is 0 Å². The molecular formula is C13H24N4O2. The molecule has 1 N–H and O–H groups in total. The van der Waals surface area contributed by atoms with Crippen LogP contribution in [0.3, 0.4) is 0 Å². The summed E-state index contributed by atoms with van der Waals surface area (Å²) < 4.78 is 5.32. The molecule has 1 rings (SSSR count). The molecule has 0 bridgehead atoms. The van der Waals surface area contributed by atoms with Gasteiger partial charge in [0.05, 0.1) is 0 Å². The number of alkyl carbamates (subject to hydrolysis) is 1. The molecule has 0 aromatic rings. The SMILES string of the molecule is CC(C)(C)OC(=O)NC1(CCN=[N+]=[N-])CCCCC1. The van der Waals surface area contributed by atoms with Gasteiger partial charge in [-0.25, -0.2) is 4.79 Å². The molecule has 0 aromatic carbocycles. The van der Waals surface area contributed by atoms with E-state index in [2.05, 4.69) is 15.3 Å². The van der Waals surface area contributed by atoms with Crippen molar-refractivity contribution in [2.45, 2.75) is 70.4 Å². The Morgan fingerprint density at radius 1 is 1.37 bits per heavy atom. The van der Waals surface area contributed by atoms with Crippen LogP contribution in [0.25, 0.3) is 10.4 Å². The van der Waals surface area contributed by atoms with Crippen LogP contribution in [0.4, 0.5) is 4.79 Å². The number of carbonyl (C=O) groups excluding carboxylic acids is 1. The monoisotopic (exact) mass is 268 g/mol. The lowest BCUT2D eigenvalue weighted by Crippen LogP contribution is -2.51. The third-order valence-corrected chi connectivity index (χ3v) is 3.33. The summed E-state index contributed by atoms with van der Waals surface area (Å²) in [5, 5.41) is 6.58. The number of nitrogens with one attached hydrogen (secondary N) is 1. The quantitative estimate of drug-likeness (QED) is 0.476. The summed E-state index contributed by atoms with van der Waals surface area (Å²) in [5.74, 6) is 0. The number of ether oxygens (including phenoxy) is 1. The fourth-order valence-electron chi connectivity index (χ4n) is 2.49. The smallest absolute Gasteiger partial charge is 0.408 e. The average molecular weight is 268 g/mol. The molecule has 0 heterocycles. The molecule has 1 aliphatic carbocycles. The lowest BCUT2D eigenvalue weighted by molar-refractivity contribution is 0.0418. The summed E-state index contributed by atoms with van der Waals surface area (Å²) in [5.41, 5.74) is 7.60. The van der Waals surface area contributed by atoms with Crippen molar-refractivity contribution in [2.24, 2.45) is 5.11 Å². The maximum absolute atomic E-state index is 11.9. The van der Waals surface area contributed by atoms with Crippen LogP contribution in [0.5, 0.6) is 0 Å². The van der Waals surface area contributed by atoms with Crippen LogP contribution in [0.15, 0.2) is 5.11 Å². The summed E-state index contributed by atoms with van der Waals surface area (Å²) in [6.45, 7) is 5.95. The number of nitrogens with zero attached hydrogens (tertiary/aromatic N) is 3. The highest BCUT2D eigenvalue weighted by molar-refractivity contribution is 5.68. The van der Waals surface area contributed by atoms with Crippen LogP contribution >= 0.6 is 0 Å². The fourth-order valence-corrected chi connectivity index (χ4v) is 2.49. The van der Waals surface area contributed by atoms with Gasteiger partial charge in [-0.3, -0.25) is 0 Å². The molecule has 0 aliphatic heterocycles. The maximum Gasteiger partial charge on any atom is 0.408 e. The van der Waals surface area contributed by atoms with E-state index in [4.69, 9.17) is 10.3 Å². The van der Waals surface area contributed by atoms with Gasteiger partial charge in [0.2, 0.25) is 0 Å². The van der Waals surface area contributed by atoms with Crippen molar-refractivity contribution in [2.75, 3.05) is 6.54 Å². The highest BCUT2D eigenvalue weighted by atomic mass is 16.6. The Kier molecular flexibility index (Phi) is 5.48. The molecule has 0 unspecified atom stereocenters. The normalized spacial score (nSPS) is 18.3. The van der Waals surface area contributed by atoms with Crippen molar-refractivity contribution < 1.29 is 9.53 Å². The van der Waals surface area contributed by atoms with Crippen molar-refractivity contribution in [3.63, 3.8) is 0 Å². The second-order valence-corrected chi connectivity index (χ2v) is 6.17. The first-order valence-corrected chi connectivity index (χ1v) is 6.89. The molecule has 1 saturated carbocycles. The number of hydrogen-bond acceptors (Lipinski definition) is 3. The summed E-state index contributed by atoms with van der Waals surface area (Å²) in [7, 11) is 0. The van der Waals surface area contributed by atoms with Gasteiger partial charge in [-0.2, -0.15) is 0 Å². The number of rotatable bonds is 4. The Morgan fingerprint density at radius 3 is 2.53 bits per heavy atom. The lowest BCUT2D eigenvalue weighted by atomic mass is 9.79. The standard InChI is InChI=1S/C13H24N4O2/c1-12(2,3)19-11(18)16-13(9-10-15-17-14)7-5-4-6-8-13/h4-10H2,1-3H3,(H,16,18). The molecule has 1 aliphatic rings. The van der Waals surface area contributed by atoms with Gasteiger partial charge >= 0.3 is 6.09 Å². The van der Waals surface area contributed by atoms with Gasteiger partial charge in [-0.1, -0.05) is 24.4 Å². The van der Waals surface area contributed by atoms with Gasteiger partial charge in [-0.05, 0) is 45.6 Å². The maximum atomic E-state index is 11.9. The highest BCUT2D eigenvalue weighted by Gasteiger charge is 2.34. The molecule has 0 saturated heterocycles. The highest BCUT2D eigenvalue weighted by Crippen LogP contribution is 2.31. The predicted octanol–water partition coefficient (Wildman–Crippen LogP) is 3.91. The van der Waals surface area contributed by atoms with Gasteiger partial charge < -0.3 is 10.1 Å². The molecule has 0 spiro atoms.